The van der Waals surface area contributed by atoms with Crippen molar-refractivity contribution < 1.29 is 17.9 Å². The maximum absolute atomic E-state index is 12.9. The van der Waals surface area contributed by atoms with Crippen LogP contribution in [0.5, 0.6) is 0 Å². The number of halogens is 3. The van der Waals surface area contributed by atoms with Gasteiger partial charge in [-0.25, -0.2) is 13.2 Å². The zero-order valence-electron chi connectivity index (χ0n) is 9.13. The predicted molar refractivity (Wildman–Crippen MR) is 61.5 cm³/mol. The van der Waals surface area contributed by atoms with Crippen molar-refractivity contribution in [2.75, 3.05) is 5.75 Å². The van der Waals surface area contributed by atoms with Crippen LogP contribution in [0.3, 0.4) is 0 Å². The van der Waals surface area contributed by atoms with Crippen molar-refractivity contribution in [3.05, 3.63) is 35.1 Å². The standard InChI is InChI=1S/C12H13F3OS/c13-10-3-7(4-11(14)12(10)15)5-16-9-1-8(2-9)6-17/h3-4,8-9,17H,1-2,5-6H2/t8-,9-. The fourth-order valence-electron chi connectivity index (χ4n) is 1.87. The fraction of sp³-hybridized carbons (Fsp3) is 0.500. The Hall–Kier alpha value is -0.680. The van der Waals surface area contributed by atoms with Gasteiger partial charge in [-0.1, -0.05) is 0 Å². The lowest BCUT2D eigenvalue weighted by Crippen LogP contribution is -2.32. The molecule has 1 fully saturated rings. The maximum atomic E-state index is 12.9. The van der Waals surface area contributed by atoms with Gasteiger partial charge in [0.1, 0.15) is 0 Å². The Labute approximate surface area is 103 Å². The van der Waals surface area contributed by atoms with Crippen LogP contribution in [0.4, 0.5) is 13.2 Å². The highest BCUT2D eigenvalue weighted by atomic mass is 32.1. The molecule has 0 aliphatic heterocycles. The summed E-state index contributed by atoms with van der Waals surface area (Å²) in [6, 6.07) is 1.93. The largest absolute Gasteiger partial charge is 0.374 e. The monoisotopic (exact) mass is 262 g/mol. The SMILES string of the molecule is Fc1cc(CO[C@H]2C[C@H](CS)C2)cc(F)c1F. The minimum Gasteiger partial charge on any atom is -0.374 e. The van der Waals surface area contributed by atoms with Crippen LogP contribution in [-0.4, -0.2) is 11.9 Å². The zero-order chi connectivity index (χ0) is 12.4. The molecule has 1 nitrogen and oxygen atoms in total. The minimum atomic E-state index is -1.44. The number of benzene rings is 1. The number of rotatable bonds is 4. The van der Waals surface area contributed by atoms with E-state index in [1.54, 1.807) is 0 Å². The molecule has 1 aromatic carbocycles. The van der Waals surface area contributed by atoms with Crippen LogP contribution >= 0.6 is 12.6 Å². The predicted octanol–water partition coefficient (Wildman–Crippen LogP) is 3.33. The molecule has 1 aliphatic rings. The second-order valence-electron chi connectivity index (χ2n) is 4.33. The van der Waals surface area contributed by atoms with Crippen molar-refractivity contribution in [1.82, 2.24) is 0 Å². The van der Waals surface area contributed by atoms with E-state index in [4.69, 9.17) is 4.74 Å². The number of thiol groups is 1. The van der Waals surface area contributed by atoms with Crippen LogP contribution in [0, 0.1) is 23.4 Å². The van der Waals surface area contributed by atoms with Crippen molar-refractivity contribution >= 4 is 12.6 Å². The minimum absolute atomic E-state index is 0.109. The lowest BCUT2D eigenvalue weighted by Gasteiger charge is -2.34. The molecule has 5 heteroatoms. The third kappa shape index (κ3) is 2.96. The molecule has 0 spiro atoms. The quantitative estimate of drug-likeness (QED) is 0.647. The Morgan fingerprint density at radius 2 is 1.76 bits per heavy atom. The summed E-state index contributed by atoms with van der Waals surface area (Å²) in [5.41, 5.74) is 0.315. The molecule has 94 valence electrons. The molecule has 2 rings (SSSR count). The van der Waals surface area contributed by atoms with Crippen LogP contribution in [0.15, 0.2) is 12.1 Å². The van der Waals surface area contributed by atoms with Crippen LogP contribution in [0.1, 0.15) is 18.4 Å². The Kier molecular flexibility index (Phi) is 3.99. The van der Waals surface area contributed by atoms with Crippen molar-refractivity contribution in [2.45, 2.75) is 25.6 Å². The maximum Gasteiger partial charge on any atom is 0.194 e. The normalized spacial score (nSPS) is 23.5. The van der Waals surface area contributed by atoms with E-state index in [0.29, 0.717) is 11.5 Å². The highest BCUT2D eigenvalue weighted by Gasteiger charge is 2.28. The highest BCUT2D eigenvalue weighted by molar-refractivity contribution is 7.80. The summed E-state index contributed by atoms with van der Waals surface area (Å²) < 4.78 is 43.9. The molecule has 0 unspecified atom stereocenters. The summed E-state index contributed by atoms with van der Waals surface area (Å²) in [6.07, 6.45) is 1.98. The Balaban J connectivity index is 1.88. The van der Waals surface area contributed by atoms with Gasteiger partial charge in [0.05, 0.1) is 12.7 Å². The third-order valence-corrected chi connectivity index (χ3v) is 3.50. The van der Waals surface area contributed by atoms with Gasteiger partial charge in [-0.05, 0) is 42.2 Å². The van der Waals surface area contributed by atoms with Crippen LogP contribution < -0.4 is 0 Å². The number of ether oxygens (including phenoxy) is 1. The second-order valence-corrected chi connectivity index (χ2v) is 4.69. The number of hydrogen-bond donors (Lipinski definition) is 1. The molecule has 0 heterocycles. The van der Waals surface area contributed by atoms with Gasteiger partial charge in [-0.15, -0.1) is 0 Å². The van der Waals surface area contributed by atoms with E-state index >= 15 is 0 Å². The van der Waals surface area contributed by atoms with Gasteiger partial charge in [-0.3, -0.25) is 0 Å². The third-order valence-electron chi connectivity index (χ3n) is 2.98. The van der Waals surface area contributed by atoms with Crippen molar-refractivity contribution in [3.63, 3.8) is 0 Å². The van der Waals surface area contributed by atoms with Gasteiger partial charge in [0.2, 0.25) is 0 Å². The first-order valence-electron chi connectivity index (χ1n) is 5.46. The van der Waals surface area contributed by atoms with E-state index in [9.17, 15) is 13.2 Å². The topological polar surface area (TPSA) is 9.23 Å². The van der Waals surface area contributed by atoms with E-state index in [2.05, 4.69) is 12.6 Å². The molecule has 0 N–H and O–H groups in total. The van der Waals surface area contributed by atoms with Crippen LogP contribution in [0.25, 0.3) is 0 Å². The first-order valence-corrected chi connectivity index (χ1v) is 6.09. The molecule has 0 amide bonds. The summed E-state index contributed by atoms with van der Waals surface area (Å²) in [5.74, 6) is -2.38. The van der Waals surface area contributed by atoms with Crippen molar-refractivity contribution in [1.29, 1.82) is 0 Å². The molecule has 1 aromatic rings. The molecule has 0 atom stereocenters. The van der Waals surface area contributed by atoms with E-state index in [-0.39, 0.29) is 12.7 Å². The average molecular weight is 262 g/mol. The Bertz CT molecular complexity index is 382. The van der Waals surface area contributed by atoms with Crippen LogP contribution in [-0.2, 0) is 11.3 Å². The van der Waals surface area contributed by atoms with Gasteiger partial charge < -0.3 is 4.74 Å². The van der Waals surface area contributed by atoms with Crippen molar-refractivity contribution in [2.24, 2.45) is 5.92 Å². The van der Waals surface area contributed by atoms with Gasteiger partial charge in [-0.2, -0.15) is 12.6 Å². The average Bonchev–Trinajstić information content (AvgIpc) is 2.24. The molecule has 0 saturated heterocycles. The molecule has 1 aliphatic carbocycles. The first kappa shape index (κ1) is 12.8. The van der Waals surface area contributed by atoms with Gasteiger partial charge in [0.15, 0.2) is 17.5 Å². The second kappa shape index (κ2) is 5.31. The molecule has 0 bridgehead atoms. The molecule has 17 heavy (non-hydrogen) atoms. The van der Waals surface area contributed by atoms with E-state index in [1.807, 2.05) is 0 Å². The van der Waals surface area contributed by atoms with E-state index in [0.717, 1.165) is 30.7 Å². The van der Waals surface area contributed by atoms with E-state index in [1.165, 1.54) is 0 Å². The highest BCUT2D eigenvalue weighted by Crippen LogP contribution is 2.31. The Morgan fingerprint density at radius 1 is 1.18 bits per heavy atom. The first-order chi connectivity index (χ1) is 8.10. The van der Waals surface area contributed by atoms with Gasteiger partial charge in [0, 0.05) is 0 Å². The molecule has 1 saturated carbocycles. The molecule has 0 aromatic heterocycles. The summed E-state index contributed by atoms with van der Waals surface area (Å²) in [7, 11) is 0. The van der Waals surface area contributed by atoms with Gasteiger partial charge in [0.25, 0.3) is 0 Å². The Morgan fingerprint density at radius 3 is 2.29 bits per heavy atom. The van der Waals surface area contributed by atoms with Gasteiger partial charge >= 0.3 is 0 Å². The summed E-state index contributed by atoms with van der Waals surface area (Å²) >= 11 is 4.17. The summed E-state index contributed by atoms with van der Waals surface area (Å²) in [6.45, 7) is 0.109. The zero-order valence-corrected chi connectivity index (χ0v) is 10.0. The molecule has 0 radical (unpaired) electrons. The van der Waals surface area contributed by atoms with E-state index < -0.39 is 17.5 Å². The fourth-order valence-corrected chi connectivity index (χ4v) is 2.16. The summed E-state index contributed by atoms with van der Waals surface area (Å²) in [4.78, 5) is 0. The number of hydrogen-bond acceptors (Lipinski definition) is 2. The lowest BCUT2D eigenvalue weighted by atomic mass is 9.84. The van der Waals surface area contributed by atoms with Crippen LogP contribution in [0.2, 0.25) is 0 Å². The lowest BCUT2D eigenvalue weighted by molar-refractivity contribution is -0.0341. The smallest absolute Gasteiger partial charge is 0.194 e. The molecular formula is C12H13F3OS. The summed E-state index contributed by atoms with van der Waals surface area (Å²) in [5, 5.41) is 0. The molecular weight excluding hydrogens is 249 g/mol. The van der Waals surface area contributed by atoms with Crippen molar-refractivity contribution in [3.8, 4) is 0 Å².